The second-order valence-corrected chi connectivity index (χ2v) is 6.54. The highest BCUT2D eigenvalue weighted by Gasteiger charge is 2.49. The number of epoxide rings is 1. The van der Waals surface area contributed by atoms with Crippen molar-refractivity contribution < 1.29 is 14.2 Å². The third-order valence-electron chi connectivity index (χ3n) is 4.89. The van der Waals surface area contributed by atoms with Crippen molar-refractivity contribution in [1.29, 1.82) is 0 Å². The topological polar surface area (TPSA) is 31.0 Å². The second kappa shape index (κ2) is 6.33. The minimum absolute atomic E-state index is 0.140. The van der Waals surface area contributed by atoms with Crippen LogP contribution in [0.5, 0.6) is 11.5 Å². The molecule has 2 unspecified atom stereocenters. The summed E-state index contributed by atoms with van der Waals surface area (Å²) in [7, 11) is 0. The Kier molecular flexibility index (Phi) is 4.44. The first-order valence-corrected chi connectivity index (χ1v) is 8.33. The summed E-state index contributed by atoms with van der Waals surface area (Å²) >= 11 is 0. The predicted molar refractivity (Wildman–Crippen MR) is 87.7 cm³/mol. The van der Waals surface area contributed by atoms with Crippen molar-refractivity contribution in [2.24, 2.45) is 0 Å². The lowest BCUT2D eigenvalue weighted by molar-refractivity contribution is 0.300. The molecule has 0 N–H and O–H groups in total. The van der Waals surface area contributed by atoms with Crippen LogP contribution in [0.4, 0.5) is 0 Å². The molecule has 3 nitrogen and oxygen atoms in total. The van der Waals surface area contributed by atoms with Crippen LogP contribution in [0.3, 0.4) is 0 Å². The molecular weight excluding hydrogens is 276 g/mol. The number of rotatable bonds is 7. The second-order valence-electron chi connectivity index (χ2n) is 6.54. The van der Waals surface area contributed by atoms with Crippen LogP contribution < -0.4 is 9.47 Å². The Morgan fingerprint density at radius 3 is 3.09 bits per heavy atom. The van der Waals surface area contributed by atoms with E-state index in [1.165, 1.54) is 11.1 Å². The number of fused-ring (bicyclic) bond motifs is 1. The molecule has 0 aromatic heterocycles. The van der Waals surface area contributed by atoms with Gasteiger partial charge in [0.15, 0.2) is 0 Å². The van der Waals surface area contributed by atoms with Gasteiger partial charge in [-0.3, -0.25) is 0 Å². The molecule has 1 aromatic rings. The minimum atomic E-state index is 0.140. The van der Waals surface area contributed by atoms with E-state index in [1.807, 2.05) is 12.1 Å². The van der Waals surface area contributed by atoms with Crippen molar-refractivity contribution in [3.05, 3.63) is 35.4 Å². The number of hydrogen-bond donors (Lipinski definition) is 0. The highest BCUT2D eigenvalue weighted by Crippen LogP contribution is 2.42. The fraction of sp³-hybridized carbons (Fsp3) is 0.579. The molecule has 1 aromatic carbocycles. The third kappa shape index (κ3) is 3.46. The summed E-state index contributed by atoms with van der Waals surface area (Å²) in [6.07, 6.45) is 6.91. The Hall–Kier alpha value is -1.48. The molecule has 2 heterocycles. The van der Waals surface area contributed by atoms with Crippen LogP contribution in [0.2, 0.25) is 0 Å². The Balaban J connectivity index is 1.42. The van der Waals surface area contributed by atoms with Gasteiger partial charge in [-0.15, -0.1) is 0 Å². The van der Waals surface area contributed by atoms with Crippen molar-refractivity contribution in [2.45, 2.75) is 58.2 Å². The van der Waals surface area contributed by atoms with E-state index in [0.717, 1.165) is 43.8 Å². The number of hydrogen-bond acceptors (Lipinski definition) is 3. The van der Waals surface area contributed by atoms with Crippen molar-refractivity contribution in [2.75, 3.05) is 13.2 Å². The molecule has 3 rings (SSSR count). The average Bonchev–Trinajstić information content (AvgIpc) is 2.95. The fourth-order valence-corrected chi connectivity index (χ4v) is 2.94. The average molecular weight is 302 g/mol. The van der Waals surface area contributed by atoms with Gasteiger partial charge in [0, 0.05) is 12.5 Å². The van der Waals surface area contributed by atoms with Crippen LogP contribution >= 0.6 is 0 Å². The summed E-state index contributed by atoms with van der Waals surface area (Å²) in [4.78, 5) is 0. The number of allylic oxidation sites excluding steroid dienone is 1. The van der Waals surface area contributed by atoms with Gasteiger partial charge < -0.3 is 14.2 Å². The standard InChI is InChI=1S/C19H26O3/c1-4-19(3)18(22-19)8-5-14(2)9-11-20-16-7-6-15-10-12-21-17(15)13-16/h6-7,9,13,18H,4-5,8,10-12H2,1-3H3/b14-9+. The quantitative estimate of drug-likeness (QED) is 0.556. The summed E-state index contributed by atoms with van der Waals surface area (Å²) < 4.78 is 17.1. The lowest BCUT2D eigenvalue weighted by Gasteiger charge is -2.07. The van der Waals surface area contributed by atoms with E-state index in [0.29, 0.717) is 12.7 Å². The summed E-state index contributed by atoms with van der Waals surface area (Å²) in [5.41, 5.74) is 2.79. The maximum Gasteiger partial charge on any atom is 0.126 e. The van der Waals surface area contributed by atoms with Gasteiger partial charge in [-0.05, 0) is 50.8 Å². The van der Waals surface area contributed by atoms with Gasteiger partial charge in [0.2, 0.25) is 0 Å². The third-order valence-corrected chi connectivity index (χ3v) is 4.89. The maximum atomic E-state index is 5.80. The Morgan fingerprint density at radius 1 is 1.45 bits per heavy atom. The smallest absolute Gasteiger partial charge is 0.126 e. The van der Waals surface area contributed by atoms with Crippen LogP contribution in [0.25, 0.3) is 0 Å². The molecular formula is C19H26O3. The van der Waals surface area contributed by atoms with Crippen LogP contribution in [-0.4, -0.2) is 24.9 Å². The highest BCUT2D eigenvalue weighted by atomic mass is 16.6. The van der Waals surface area contributed by atoms with Gasteiger partial charge in [-0.25, -0.2) is 0 Å². The minimum Gasteiger partial charge on any atom is -0.493 e. The normalized spacial score (nSPS) is 26.5. The molecule has 0 spiro atoms. The van der Waals surface area contributed by atoms with Crippen molar-refractivity contribution >= 4 is 0 Å². The monoisotopic (exact) mass is 302 g/mol. The lowest BCUT2D eigenvalue weighted by atomic mass is 9.99. The van der Waals surface area contributed by atoms with Gasteiger partial charge in [0.25, 0.3) is 0 Å². The summed E-state index contributed by atoms with van der Waals surface area (Å²) in [6, 6.07) is 6.13. The summed E-state index contributed by atoms with van der Waals surface area (Å²) in [6.45, 7) is 7.96. The van der Waals surface area contributed by atoms with Crippen LogP contribution in [0.1, 0.15) is 45.6 Å². The molecule has 1 fully saturated rings. The van der Waals surface area contributed by atoms with Gasteiger partial charge >= 0.3 is 0 Å². The molecule has 1 saturated heterocycles. The first kappa shape index (κ1) is 15.4. The Labute approximate surface area is 133 Å². The largest absolute Gasteiger partial charge is 0.493 e. The SMILES string of the molecule is CCC1(C)OC1CC/C(C)=C/COc1ccc2c(c1)OCC2. The van der Waals surface area contributed by atoms with Crippen LogP contribution in [0, 0.1) is 0 Å². The molecule has 22 heavy (non-hydrogen) atoms. The predicted octanol–water partition coefficient (Wildman–Crippen LogP) is 4.29. The molecule has 0 radical (unpaired) electrons. The van der Waals surface area contributed by atoms with Gasteiger partial charge in [-0.1, -0.05) is 18.6 Å². The van der Waals surface area contributed by atoms with Gasteiger partial charge in [0.1, 0.15) is 18.1 Å². The van der Waals surface area contributed by atoms with Gasteiger partial charge in [0.05, 0.1) is 18.3 Å². The van der Waals surface area contributed by atoms with E-state index in [9.17, 15) is 0 Å². The highest BCUT2D eigenvalue weighted by molar-refractivity contribution is 5.42. The zero-order valence-electron chi connectivity index (χ0n) is 13.9. The van der Waals surface area contributed by atoms with E-state index >= 15 is 0 Å². The van der Waals surface area contributed by atoms with Crippen molar-refractivity contribution in [1.82, 2.24) is 0 Å². The van der Waals surface area contributed by atoms with E-state index in [-0.39, 0.29) is 5.60 Å². The molecule has 0 bridgehead atoms. The Morgan fingerprint density at radius 2 is 2.32 bits per heavy atom. The molecule has 3 heteroatoms. The van der Waals surface area contributed by atoms with E-state index in [2.05, 4.69) is 32.9 Å². The zero-order valence-corrected chi connectivity index (χ0v) is 13.9. The molecule has 0 amide bonds. The van der Waals surface area contributed by atoms with Crippen LogP contribution in [-0.2, 0) is 11.2 Å². The summed E-state index contributed by atoms with van der Waals surface area (Å²) in [5, 5.41) is 0. The first-order chi connectivity index (χ1) is 10.6. The molecule has 2 aliphatic rings. The summed E-state index contributed by atoms with van der Waals surface area (Å²) in [5.74, 6) is 1.86. The maximum absolute atomic E-state index is 5.80. The van der Waals surface area contributed by atoms with E-state index in [1.54, 1.807) is 0 Å². The fourth-order valence-electron chi connectivity index (χ4n) is 2.94. The number of benzene rings is 1. The van der Waals surface area contributed by atoms with Crippen molar-refractivity contribution in [3.63, 3.8) is 0 Å². The first-order valence-electron chi connectivity index (χ1n) is 8.33. The van der Waals surface area contributed by atoms with Crippen molar-refractivity contribution in [3.8, 4) is 11.5 Å². The molecule has 2 aliphatic heterocycles. The van der Waals surface area contributed by atoms with E-state index in [4.69, 9.17) is 14.2 Å². The number of ether oxygens (including phenoxy) is 3. The molecule has 0 aliphatic carbocycles. The molecule has 0 saturated carbocycles. The Bertz CT molecular complexity index is 564. The molecule has 120 valence electrons. The molecule has 2 atom stereocenters. The van der Waals surface area contributed by atoms with E-state index < -0.39 is 0 Å². The lowest BCUT2D eigenvalue weighted by Crippen LogP contribution is -2.07. The van der Waals surface area contributed by atoms with Gasteiger partial charge in [-0.2, -0.15) is 0 Å². The van der Waals surface area contributed by atoms with Crippen LogP contribution in [0.15, 0.2) is 29.8 Å². The zero-order chi connectivity index (χ0) is 15.6.